The number of allylic oxidation sites excluding steroid dienone is 2. The second-order valence-corrected chi connectivity index (χ2v) is 6.23. The van der Waals surface area contributed by atoms with Gasteiger partial charge in [-0.05, 0) is 48.9 Å². The van der Waals surface area contributed by atoms with Gasteiger partial charge in [0.15, 0.2) is 0 Å². The molecule has 2 aromatic carbocycles. The molecule has 1 amide bonds. The predicted octanol–water partition coefficient (Wildman–Crippen LogP) is 4.56. The van der Waals surface area contributed by atoms with Crippen LogP contribution in [0.2, 0.25) is 0 Å². The van der Waals surface area contributed by atoms with E-state index in [1.807, 2.05) is 65.6 Å². The molecule has 0 aromatic heterocycles. The number of carbonyl (C=O) groups excluding carboxylic acids is 1. The van der Waals surface area contributed by atoms with Gasteiger partial charge >= 0.3 is 0 Å². The van der Waals surface area contributed by atoms with Gasteiger partial charge in [0.05, 0.1) is 0 Å². The van der Waals surface area contributed by atoms with E-state index in [0.29, 0.717) is 11.8 Å². The van der Waals surface area contributed by atoms with Crippen LogP contribution in [0.4, 0.5) is 11.4 Å². The van der Waals surface area contributed by atoms with Gasteiger partial charge in [-0.15, -0.1) is 0 Å². The first-order valence-corrected chi connectivity index (χ1v) is 7.95. The topological polar surface area (TPSA) is 20.3 Å². The molecule has 2 aliphatic rings. The minimum atomic E-state index is 0.121. The van der Waals surface area contributed by atoms with Gasteiger partial charge in [0.2, 0.25) is 5.91 Å². The number of amides is 1. The van der Waals surface area contributed by atoms with Gasteiger partial charge in [0.25, 0.3) is 0 Å². The smallest absolute Gasteiger partial charge is 0.235 e. The number of fused-ring (bicyclic) bond motifs is 2. The minimum absolute atomic E-state index is 0.121. The van der Waals surface area contributed by atoms with Gasteiger partial charge in [0, 0.05) is 17.3 Å². The van der Waals surface area contributed by atoms with Crippen molar-refractivity contribution in [1.29, 1.82) is 0 Å². The van der Waals surface area contributed by atoms with E-state index < -0.39 is 0 Å². The number of benzene rings is 2. The predicted molar refractivity (Wildman–Crippen MR) is 88.9 cm³/mol. The molecule has 3 unspecified atom stereocenters. The fourth-order valence-corrected chi connectivity index (χ4v) is 3.79. The van der Waals surface area contributed by atoms with E-state index in [1.54, 1.807) is 0 Å². The van der Waals surface area contributed by atoms with E-state index in [-0.39, 0.29) is 11.8 Å². The Morgan fingerprint density at radius 1 is 0.818 bits per heavy atom. The van der Waals surface area contributed by atoms with Crippen LogP contribution in [-0.4, -0.2) is 5.91 Å². The molecule has 2 heteroatoms. The van der Waals surface area contributed by atoms with Crippen molar-refractivity contribution in [2.75, 3.05) is 4.90 Å². The van der Waals surface area contributed by atoms with E-state index in [0.717, 1.165) is 24.2 Å². The Labute approximate surface area is 131 Å². The largest absolute Gasteiger partial charge is 0.281 e. The van der Waals surface area contributed by atoms with E-state index in [2.05, 4.69) is 12.2 Å². The number of nitrogens with zero attached hydrogens (tertiary/aromatic N) is 1. The maximum absolute atomic E-state index is 13.2. The Morgan fingerprint density at radius 2 is 1.41 bits per heavy atom. The minimum Gasteiger partial charge on any atom is -0.281 e. The molecule has 0 radical (unpaired) electrons. The van der Waals surface area contributed by atoms with Gasteiger partial charge in [-0.3, -0.25) is 9.69 Å². The van der Waals surface area contributed by atoms with Crippen molar-refractivity contribution < 1.29 is 4.79 Å². The lowest BCUT2D eigenvalue weighted by molar-refractivity contribution is -0.122. The Balaban J connectivity index is 1.72. The molecule has 2 aliphatic carbocycles. The third-order valence-electron chi connectivity index (χ3n) is 4.85. The van der Waals surface area contributed by atoms with Crippen LogP contribution in [0.3, 0.4) is 0 Å². The molecule has 0 spiro atoms. The van der Waals surface area contributed by atoms with Crippen LogP contribution in [0.5, 0.6) is 0 Å². The van der Waals surface area contributed by atoms with E-state index in [1.165, 1.54) is 0 Å². The van der Waals surface area contributed by atoms with E-state index in [4.69, 9.17) is 0 Å². The summed E-state index contributed by atoms with van der Waals surface area (Å²) < 4.78 is 0. The fraction of sp³-hybridized carbons (Fsp3) is 0.250. The summed E-state index contributed by atoms with van der Waals surface area (Å²) in [5.74, 6) is 1.38. The van der Waals surface area contributed by atoms with E-state index in [9.17, 15) is 4.79 Å². The lowest BCUT2D eigenvalue weighted by Crippen LogP contribution is -2.34. The summed E-state index contributed by atoms with van der Waals surface area (Å²) in [6.45, 7) is 0. The molecule has 2 aromatic rings. The van der Waals surface area contributed by atoms with Crippen molar-refractivity contribution >= 4 is 17.3 Å². The molecular formula is C20H19NO. The molecule has 110 valence electrons. The highest BCUT2D eigenvalue weighted by Gasteiger charge is 2.42. The number of para-hydroxylation sites is 2. The third-order valence-corrected chi connectivity index (χ3v) is 4.85. The molecule has 0 N–H and O–H groups in total. The second-order valence-electron chi connectivity index (χ2n) is 6.23. The number of rotatable bonds is 3. The van der Waals surface area contributed by atoms with Gasteiger partial charge < -0.3 is 0 Å². The normalized spacial score (nSPS) is 25.4. The number of hydrogen-bond acceptors (Lipinski definition) is 1. The summed E-state index contributed by atoms with van der Waals surface area (Å²) in [5, 5.41) is 0. The van der Waals surface area contributed by atoms with Crippen LogP contribution in [0.15, 0.2) is 72.8 Å². The van der Waals surface area contributed by atoms with Crippen LogP contribution in [0, 0.1) is 17.8 Å². The molecule has 0 saturated heterocycles. The van der Waals surface area contributed by atoms with Crippen molar-refractivity contribution in [3.05, 3.63) is 72.8 Å². The Kier molecular flexibility index (Phi) is 3.30. The summed E-state index contributed by atoms with van der Waals surface area (Å²) in [4.78, 5) is 15.1. The molecule has 0 aliphatic heterocycles. The van der Waals surface area contributed by atoms with Crippen molar-refractivity contribution in [2.24, 2.45) is 17.8 Å². The van der Waals surface area contributed by atoms with Crippen LogP contribution in [0.25, 0.3) is 0 Å². The Hall–Kier alpha value is -2.35. The molecule has 4 rings (SSSR count). The van der Waals surface area contributed by atoms with Crippen molar-refractivity contribution in [2.45, 2.75) is 12.8 Å². The standard InChI is InChI=1S/C20H19NO/c22-20(19-14-15-11-12-16(19)13-15)21(17-7-3-1-4-8-17)18-9-5-2-6-10-18/h1-12,15-16,19H,13-14H2. The van der Waals surface area contributed by atoms with Crippen LogP contribution >= 0.6 is 0 Å². The SMILES string of the molecule is O=C(C1CC2C=CC1C2)N(c1ccccc1)c1ccccc1. The summed E-state index contributed by atoms with van der Waals surface area (Å²) in [6, 6.07) is 19.9. The average Bonchev–Trinajstić information content (AvgIpc) is 3.20. The molecular weight excluding hydrogens is 270 g/mol. The number of hydrogen-bond donors (Lipinski definition) is 0. The van der Waals surface area contributed by atoms with Gasteiger partial charge in [-0.2, -0.15) is 0 Å². The first-order valence-electron chi connectivity index (χ1n) is 7.95. The summed E-state index contributed by atoms with van der Waals surface area (Å²) >= 11 is 0. The fourth-order valence-electron chi connectivity index (χ4n) is 3.79. The van der Waals surface area contributed by atoms with Gasteiger partial charge in [-0.1, -0.05) is 48.6 Å². The highest BCUT2D eigenvalue weighted by Crippen LogP contribution is 2.45. The molecule has 1 fully saturated rings. The lowest BCUT2D eigenvalue weighted by atomic mass is 9.92. The summed E-state index contributed by atoms with van der Waals surface area (Å²) in [6.07, 6.45) is 6.67. The zero-order valence-corrected chi connectivity index (χ0v) is 12.4. The maximum atomic E-state index is 13.2. The first-order chi connectivity index (χ1) is 10.8. The van der Waals surface area contributed by atoms with Crippen molar-refractivity contribution in [1.82, 2.24) is 0 Å². The monoisotopic (exact) mass is 289 g/mol. The number of anilines is 2. The zero-order valence-electron chi connectivity index (χ0n) is 12.4. The quantitative estimate of drug-likeness (QED) is 0.758. The van der Waals surface area contributed by atoms with Gasteiger partial charge in [0.1, 0.15) is 0 Å². The highest BCUT2D eigenvalue weighted by atomic mass is 16.2. The van der Waals surface area contributed by atoms with Crippen molar-refractivity contribution in [3.63, 3.8) is 0 Å². The summed E-state index contributed by atoms with van der Waals surface area (Å²) in [5.41, 5.74) is 1.90. The average molecular weight is 289 g/mol. The summed E-state index contributed by atoms with van der Waals surface area (Å²) in [7, 11) is 0. The highest BCUT2D eigenvalue weighted by molar-refractivity contribution is 6.02. The molecule has 3 atom stereocenters. The molecule has 0 heterocycles. The zero-order chi connectivity index (χ0) is 14.9. The van der Waals surface area contributed by atoms with Crippen molar-refractivity contribution in [3.8, 4) is 0 Å². The molecule has 2 nitrogen and oxygen atoms in total. The third kappa shape index (κ3) is 2.25. The maximum Gasteiger partial charge on any atom is 0.235 e. The van der Waals surface area contributed by atoms with E-state index >= 15 is 0 Å². The van der Waals surface area contributed by atoms with Crippen LogP contribution in [0.1, 0.15) is 12.8 Å². The van der Waals surface area contributed by atoms with Gasteiger partial charge in [-0.25, -0.2) is 0 Å². The molecule has 22 heavy (non-hydrogen) atoms. The Bertz CT molecular complexity index is 653. The molecule has 1 saturated carbocycles. The lowest BCUT2D eigenvalue weighted by Gasteiger charge is -2.28. The second kappa shape index (κ2) is 5.45. The molecule has 2 bridgehead atoms. The first kappa shape index (κ1) is 13.3. The number of carbonyl (C=O) groups is 1. The van der Waals surface area contributed by atoms with Crippen LogP contribution in [-0.2, 0) is 4.79 Å². The Morgan fingerprint density at radius 3 is 1.86 bits per heavy atom. The van der Waals surface area contributed by atoms with Crippen LogP contribution < -0.4 is 4.90 Å².